The molecule has 1 heterocycles. The van der Waals surface area contributed by atoms with Gasteiger partial charge in [-0.05, 0) is 36.6 Å². The number of sulfonamides is 1. The number of nitrogens with zero attached hydrogens (tertiary/aromatic N) is 1. The van der Waals surface area contributed by atoms with Crippen molar-refractivity contribution in [1.82, 2.24) is 0 Å². The van der Waals surface area contributed by atoms with Crippen molar-refractivity contribution in [1.29, 1.82) is 0 Å². The molecule has 1 aliphatic heterocycles. The third-order valence-corrected chi connectivity index (χ3v) is 6.50. The van der Waals surface area contributed by atoms with Crippen LogP contribution < -0.4 is 23.8 Å². The van der Waals surface area contributed by atoms with E-state index in [1.54, 1.807) is 11.0 Å². The molecule has 0 aliphatic carbocycles. The zero-order chi connectivity index (χ0) is 23.6. The van der Waals surface area contributed by atoms with Gasteiger partial charge in [0.2, 0.25) is 11.7 Å². The number of hydrogen-bond acceptors (Lipinski definition) is 7. The van der Waals surface area contributed by atoms with Crippen LogP contribution in [0.3, 0.4) is 0 Å². The number of amides is 1. The van der Waals surface area contributed by atoms with Crippen LogP contribution in [-0.2, 0) is 21.2 Å². The van der Waals surface area contributed by atoms with Gasteiger partial charge in [-0.2, -0.15) is 0 Å². The highest BCUT2D eigenvalue weighted by Gasteiger charge is 2.29. The molecule has 0 aromatic heterocycles. The molecule has 172 valence electrons. The van der Waals surface area contributed by atoms with Gasteiger partial charge in [0.15, 0.2) is 11.5 Å². The van der Waals surface area contributed by atoms with Gasteiger partial charge in [0, 0.05) is 25.2 Å². The van der Waals surface area contributed by atoms with E-state index in [1.807, 2.05) is 0 Å². The van der Waals surface area contributed by atoms with Gasteiger partial charge in [-0.25, -0.2) is 13.2 Å². The Morgan fingerprint density at radius 2 is 1.75 bits per heavy atom. The summed E-state index contributed by atoms with van der Waals surface area (Å²) in [5.41, 5.74) is 0.717. The van der Waals surface area contributed by atoms with Crippen LogP contribution in [0.25, 0.3) is 0 Å². The maximum Gasteiger partial charge on any atom is 0.338 e. The van der Waals surface area contributed by atoms with Gasteiger partial charge >= 0.3 is 5.97 Å². The molecule has 11 heteroatoms. The summed E-state index contributed by atoms with van der Waals surface area (Å²) in [4.78, 5) is 25.2. The minimum absolute atomic E-state index is 0.0419. The Morgan fingerprint density at radius 3 is 2.31 bits per heavy atom. The topological polar surface area (TPSA) is 131 Å². The van der Waals surface area contributed by atoms with Crippen LogP contribution in [0.2, 0.25) is 0 Å². The first-order chi connectivity index (χ1) is 15.1. The first-order valence-electron chi connectivity index (χ1n) is 9.64. The Balaban J connectivity index is 2.11. The number of fused-ring (bicyclic) bond motifs is 1. The minimum atomic E-state index is -4.21. The molecule has 0 spiro atoms. The van der Waals surface area contributed by atoms with E-state index >= 15 is 0 Å². The van der Waals surface area contributed by atoms with Crippen molar-refractivity contribution in [2.45, 2.75) is 24.7 Å². The zero-order valence-electron chi connectivity index (χ0n) is 18.1. The van der Waals surface area contributed by atoms with E-state index in [9.17, 15) is 23.1 Å². The molecule has 2 aromatic rings. The maximum absolute atomic E-state index is 13.2. The van der Waals surface area contributed by atoms with Crippen LogP contribution in [0, 0.1) is 0 Å². The van der Waals surface area contributed by atoms with Crippen LogP contribution in [0.15, 0.2) is 29.2 Å². The largest absolute Gasteiger partial charge is 0.493 e. The van der Waals surface area contributed by atoms with Crippen molar-refractivity contribution in [2.75, 3.05) is 37.5 Å². The molecule has 2 aromatic carbocycles. The van der Waals surface area contributed by atoms with E-state index in [2.05, 4.69) is 4.72 Å². The number of benzene rings is 2. The number of rotatable bonds is 7. The quantitative estimate of drug-likeness (QED) is 0.639. The van der Waals surface area contributed by atoms with Gasteiger partial charge in [-0.1, -0.05) is 0 Å². The Labute approximate surface area is 185 Å². The Kier molecular flexibility index (Phi) is 6.49. The number of hydrogen-bond donors (Lipinski definition) is 2. The van der Waals surface area contributed by atoms with Crippen LogP contribution in [0.4, 0.5) is 11.4 Å². The summed E-state index contributed by atoms with van der Waals surface area (Å²) in [7, 11) is -0.305. The van der Waals surface area contributed by atoms with Crippen molar-refractivity contribution < 1.29 is 37.3 Å². The molecule has 0 fully saturated rings. The molecular weight excluding hydrogens is 440 g/mol. The molecule has 0 unspecified atom stereocenters. The normalized spacial score (nSPS) is 13.2. The highest BCUT2D eigenvalue weighted by molar-refractivity contribution is 7.92. The lowest BCUT2D eigenvalue weighted by molar-refractivity contribution is -0.116. The molecule has 0 radical (unpaired) electrons. The number of carboxylic acid groups (broad SMARTS) is 1. The zero-order valence-corrected chi connectivity index (χ0v) is 18.9. The molecular formula is C21H24N2O8S. The number of carbonyl (C=O) groups is 2. The molecule has 0 saturated heterocycles. The maximum atomic E-state index is 13.2. The number of ether oxygens (including phenoxy) is 3. The highest BCUT2D eigenvalue weighted by Crippen LogP contribution is 2.46. The monoisotopic (exact) mass is 464 g/mol. The lowest BCUT2D eigenvalue weighted by Gasteiger charge is -2.29. The summed E-state index contributed by atoms with van der Waals surface area (Å²) in [6.45, 7) is 2.02. The fourth-order valence-electron chi connectivity index (χ4n) is 3.69. The van der Waals surface area contributed by atoms with E-state index in [-0.39, 0.29) is 39.3 Å². The van der Waals surface area contributed by atoms with Gasteiger partial charge < -0.3 is 24.2 Å². The summed E-state index contributed by atoms with van der Waals surface area (Å²) in [5.74, 6) is -1.53. The Morgan fingerprint density at radius 1 is 1.06 bits per heavy atom. The molecule has 10 nitrogen and oxygen atoms in total. The Bertz CT molecular complexity index is 1180. The summed E-state index contributed by atoms with van der Waals surface area (Å²) >= 11 is 0. The van der Waals surface area contributed by atoms with Crippen molar-refractivity contribution >= 4 is 33.3 Å². The predicted molar refractivity (Wildman–Crippen MR) is 117 cm³/mol. The summed E-state index contributed by atoms with van der Waals surface area (Å²) in [5, 5.41) is 9.65. The number of aryl methyl sites for hydroxylation is 1. The van der Waals surface area contributed by atoms with E-state index in [0.29, 0.717) is 30.6 Å². The summed E-state index contributed by atoms with van der Waals surface area (Å²) < 4.78 is 44.4. The van der Waals surface area contributed by atoms with Crippen molar-refractivity contribution in [2.24, 2.45) is 0 Å². The number of nitrogens with one attached hydrogen (secondary N) is 1. The summed E-state index contributed by atoms with van der Waals surface area (Å²) in [6.07, 6.45) is 1.32. The van der Waals surface area contributed by atoms with E-state index in [1.165, 1.54) is 40.4 Å². The number of anilines is 2. The van der Waals surface area contributed by atoms with E-state index < -0.39 is 16.0 Å². The van der Waals surface area contributed by atoms with Crippen molar-refractivity contribution in [3.05, 3.63) is 35.4 Å². The second-order valence-electron chi connectivity index (χ2n) is 7.04. The molecule has 1 aliphatic rings. The Hall–Kier alpha value is -3.47. The molecule has 0 saturated carbocycles. The molecule has 32 heavy (non-hydrogen) atoms. The fourth-order valence-corrected chi connectivity index (χ4v) is 4.82. The van der Waals surface area contributed by atoms with Crippen LogP contribution in [-0.4, -0.2) is 53.3 Å². The minimum Gasteiger partial charge on any atom is -0.493 e. The standard InChI is InChI=1S/C21H24N2O8S/c1-12(24)23-9-5-6-13-10-14(7-8-16(13)23)32(27,28)22-18-15(21(25)26)11-17(29-2)19(30-3)20(18)31-4/h7-8,10-11,22H,5-6,9H2,1-4H3,(H,25,26). The van der Waals surface area contributed by atoms with Gasteiger partial charge in [0.05, 0.1) is 31.8 Å². The molecule has 2 N–H and O–H groups in total. The van der Waals surface area contributed by atoms with Crippen molar-refractivity contribution in [3.8, 4) is 17.2 Å². The average molecular weight is 464 g/mol. The number of carboxylic acids is 1. The van der Waals surface area contributed by atoms with Gasteiger partial charge in [0.25, 0.3) is 10.0 Å². The van der Waals surface area contributed by atoms with E-state index in [4.69, 9.17) is 14.2 Å². The van der Waals surface area contributed by atoms with Crippen LogP contribution >= 0.6 is 0 Å². The van der Waals surface area contributed by atoms with Gasteiger partial charge in [-0.3, -0.25) is 9.52 Å². The van der Waals surface area contributed by atoms with Gasteiger partial charge in [-0.15, -0.1) is 0 Å². The molecule has 0 bridgehead atoms. The third-order valence-electron chi connectivity index (χ3n) is 5.16. The second-order valence-corrected chi connectivity index (χ2v) is 8.73. The number of carbonyl (C=O) groups excluding carboxylic acids is 1. The number of aromatic carboxylic acids is 1. The first kappa shape index (κ1) is 23.2. The smallest absolute Gasteiger partial charge is 0.338 e. The molecule has 3 rings (SSSR count). The lowest BCUT2D eigenvalue weighted by Crippen LogP contribution is -2.33. The predicted octanol–water partition coefficient (Wildman–Crippen LogP) is 2.51. The van der Waals surface area contributed by atoms with Gasteiger partial charge in [0.1, 0.15) is 5.69 Å². The second kappa shape index (κ2) is 8.95. The van der Waals surface area contributed by atoms with Crippen molar-refractivity contribution in [3.63, 3.8) is 0 Å². The number of methoxy groups -OCH3 is 3. The fraction of sp³-hybridized carbons (Fsp3) is 0.333. The average Bonchev–Trinajstić information content (AvgIpc) is 2.76. The lowest BCUT2D eigenvalue weighted by atomic mass is 10.0. The third kappa shape index (κ3) is 4.15. The van der Waals surface area contributed by atoms with Crippen LogP contribution in [0.1, 0.15) is 29.3 Å². The van der Waals surface area contributed by atoms with Crippen LogP contribution in [0.5, 0.6) is 17.2 Å². The van der Waals surface area contributed by atoms with E-state index in [0.717, 1.165) is 6.07 Å². The highest BCUT2D eigenvalue weighted by atomic mass is 32.2. The SMILES string of the molecule is COc1cc(C(=O)O)c(NS(=O)(=O)c2ccc3c(c2)CCCN3C(C)=O)c(OC)c1OC. The molecule has 0 atom stereocenters. The summed E-state index contributed by atoms with van der Waals surface area (Å²) in [6, 6.07) is 5.59. The first-order valence-corrected chi connectivity index (χ1v) is 11.1. The molecule has 1 amide bonds.